The van der Waals surface area contributed by atoms with Crippen molar-refractivity contribution in [3.05, 3.63) is 40.2 Å². The summed E-state index contributed by atoms with van der Waals surface area (Å²) in [7, 11) is 0. The molecule has 1 N–H and O–H groups in total. The summed E-state index contributed by atoms with van der Waals surface area (Å²) in [5, 5.41) is 14.8. The van der Waals surface area contributed by atoms with Crippen molar-refractivity contribution in [2.45, 2.75) is 6.54 Å². The topological polar surface area (TPSA) is 75.7 Å². The number of likely N-dealkylation sites (tertiary alicyclic amines) is 1. The first kappa shape index (κ1) is 12.7. The number of hydrogen-bond donors (Lipinski definition) is 1. The minimum absolute atomic E-state index is 0.0979. The predicted molar refractivity (Wildman–Crippen MR) is 77.0 cm³/mol. The first-order chi connectivity index (χ1) is 10.2. The van der Waals surface area contributed by atoms with Crippen LogP contribution < -0.4 is 5.32 Å². The number of fused-ring (bicyclic) bond motifs is 2. The number of imidazole rings is 1. The summed E-state index contributed by atoms with van der Waals surface area (Å²) in [4.78, 5) is 17.8. The third kappa shape index (κ3) is 2.09. The fourth-order valence-corrected chi connectivity index (χ4v) is 3.62. The molecule has 0 aliphatic carbocycles. The van der Waals surface area contributed by atoms with E-state index in [0.717, 1.165) is 26.2 Å². The maximum Gasteiger partial charge on any atom is 0.352 e. The van der Waals surface area contributed by atoms with Crippen molar-refractivity contribution in [2.24, 2.45) is 11.8 Å². The number of rotatable bonds is 3. The standard InChI is InChI=1S/C14H17N5O2/c20-19(21)14-12(16-13-3-1-2-4-18(13)14)9-17-7-10-5-15-6-11(10)8-17/h1-4,10-11,15H,5-9H2. The molecule has 0 radical (unpaired) electrons. The molecule has 0 spiro atoms. The number of aromatic nitrogens is 2. The highest BCUT2D eigenvalue weighted by Crippen LogP contribution is 2.29. The van der Waals surface area contributed by atoms with Gasteiger partial charge in [-0.25, -0.2) is 4.98 Å². The van der Waals surface area contributed by atoms with Gasteiger partial charge in [0.15, 0.2) is 5.69 Å². The average molecular weight is 287 g/mol. The lowest BCUT2D eigenvalue weighted by atomic mass is 10.0. The van der Waals surface area contributed by atoms with Gasteiger partial charge in [0.2, 0.25) is 5.65 Å². The van der Waals surface area contributed by atoms with Gasteiger partial charge in [0.05, 0.1) is 6.20 Å². The van der Waals surface area contributed by atoms with Gasteiger partial charge >= 0.3 is 5.82 Å². The van der Waals surface area contributed by atoms with Crippen LogP contribution in [0.3, 0.4) is 0 Å². The van der Waals surface area contributed by atoms with Crippen molar-refractivity contribution in [1.82, 2.24) is 19.6 Å². The molecule has 21 heavy (non-hydrogen) atoms. The Balaban J connectivity index is 1.64. The molecular formula is C14H17N5O2. The molecule has 2 saturated heterocycles. The molecule has 0 aromatic carbocycles. The maximum atomic E-state index is 11.4. The third-order valence-corrected chi connectivity index (χ3v) is 4.59. The molecule has 4 rings (SSSR count). The van der Waals surface area contributed by atoms with Crippen LogP contribution in [0.2, 0.25) is 0 Å². The summed E-state index contributed by atoms with van der Waals surface area (Å²) in [6.07, 6.45) is 1.70. The van der Waals surface area contributed by atoms with Crippen molar-refractivity contribution in [2.75, 3.05) is 26.2 Å². The smallest absolute Gasteiger partial charge is 0.352 e. The monoisotopic (exact) mass is 287 g/mol. The van der Waals surface area contributed by atoms with Gasteiger partial charge in [0.25, 0.3) is 0 Å². The van der Waals surface area contributed by atoms with E-state index in [4.69, 9.17) is 0 Å². The lowest BCUT2D eigenvalue weighted by Crippen LogP contribution is -2.25. The molecule has 2 unspecified atom stereocenters. The second-order valence-corrected chi connectivity index (χ2v) is 5.94. The Morgan fingerprint density at radius 1 is 1.33 bits per heavy atom. The average Bonchev–Trinajstić information content (AvgIpc) is 3.09. The van der Waals surface area contributed by atoms with E-state index in [1.807, 2.05) is 6.07 Å². The van der Waals surface area contributed by atoms with Crippen LogP contribution in [0.5, 0.6) is 0 Å². The second-order valence-electron chi connectivity index (χ2n) is 5.94. The number of nitro groups is 1. The lowest BCUT2D eigenvalue weighted by molar-refractivity contribution is -0.391. The highest BCUT2D eigenvalue weighted by atomic mass is 16.6. The van der Waals surface area contributed by atoms with Gasteiger partial charge in [-0.15, -0.1) is 0 Å². The number of pyridine rings is 1. The Morgan fingerprint density at radius 3 is 2.81 bits per heavy atom. The molecule has 2 aliphatic rings. The molecule has 7 heteroatoms. The van der Waals surface area contributed by atoms with E-state index in [9.17, 15) is 10.1 Å². The maximum absolute atomic E-state index is 11.4. The molecule has 110 valence electrons. The molecule has 2 aromatic heterocycles. The molecule has 0 saturated carbocycles. The van der Waals surface area contributed by atoms with Gasteiger partial charge in [-0.3, -0.25) is 4.90 Å². The van der Waals surface area contributed by atoms with Crippen molar-refractivity contribution >= 4 is 11.5 Å². The lowest BCUT2D eigenvalue weighted by Gasteiger charge is -2.14. The van der Waals surface area contributed by atoms with Crippen molar-refractivity contribution < 1.29 is 4.92 Å². The molecule has 2 fully saturated rings. The van der Waals surface area contributed by atoms with Gasteiger partial charge in [-0.2, -0.15) is 4.40 Å². The van der Waals surface area contributed by atoms with Gasteiger partial charge in [0, 0.05) is 25.7 Å². The van der Waals surface area contributed by atoms with E-state index in [-0.39, 0.29) is 10.7 Å². The fraction of sp³-hybridized carbons (Fsp3) is 0.500. The van der Waals surface area contributed by atoms with Crippen molar-refractivity contribution in [1.29, 1.82) is 0 Å². The number of hydrogen-bond acceptors (Lipinski definition) is 5. The zero-order valence-corrected chi connectivity index (χ0v) is 11.6. The Labute approximate surface area is 121 Å². The third-order valence-electron chi connectivity index (χ3n) is 4.59. The largest absolute Gasteiger partial charge is 0.358 e. The molecule has 2 aliphatic heterocycles. The molecule has 7 nitrogen and oxygen atoms in total. The Hall–Kier alpha value is -1.99. The Morgan fingerprint density at radius 2 is 2.10 bits per heavy atom. The Kier molecular flexibility index (Phi) is 2.90. The summed E-state index contributed by atoms with van der Waals surface area (Å²) >= 11 is 0. The number of nitrogens with zero attached hydrogens (tertiary/aromatic N) is 4. The number of nitrogens with one attached hydrogen (secondary N) is 1. The summed E-state index contributed by atoms with van der Waals surface area (Å²) in [5.74, 6) is 1.46. The predicted octanol–water partition coefficient (Wildman–Crippen LogP) is 0.894. The van der Waals surface area contributed by atoms with Crippen molar-refractivity contribution in [3.8, 4) is 0 Å². The van der Waals surface area contributed by atoms with Crippen LogP contribution in [0.25, 0.3) is 5.65 Å². The molecule has 0 bridgehead atoms. The normalized spacial score (nSPS) is 25.5. The van der Waals surface area contributed by atoms with Crippen LogP contribution in [0.1, 0.15) is 5.69 Å². The summed E-state index contributed by atoms with van der Waals surface area (Å²) in [6.45, 7) is 4.69. The Bertz CT molecular complexity index is 686. The van der Waals surface area contributed by atoms with Crippen LogP contribution in [-0.2, 0) is 6.54 Å². The van der Waals surface area contributed by atoms with Crippen LogP contribution in [-0.4, -0.2) is 45.4 Å². The minimum Gasteiger partial charge on any atom is -0.358 e. The van der Waals surface area contributed by atoms with E-state index in [1.165, 1.54) is 0 Å². The van der Waals surface area contributed by atoms with Gasteiger partial charge in [-0.1, -0.05) is 6.07 Å². The highest BCUT2D eigenvalue weighted by Gasteiger charge is 2.37. The summed E-state index contributed by atoms with van der Waals surface area (Å²) < 4.78 is 1.56. The molecular weight excluding hydrogens is 270 g/mol. The highest BCUT2D eigenvalue weighted by molar-refractivity contribution is 5.48. The second kappa shape index (κ2) is 4.78. The minimum atomic E-state index is -0.326. The van der Waals surface area contributed by atoms with E-state index < -0.39 is 0 Å². The first-order valence-corrected chi connectivity index (χ1v) is 7.26. The van der Waals surface area contributed by atoms with E-state index in [0.29, 0.717) is 29.7 Å². The quantitative estimate of drug-likeness (QED) is 0.670. The van der Waals surface area contributed by atoms with Crippen LogP contribution in [0, 0.1) is 22.0 Å². The molecule has 2 atom stereocenters. The van der Waals surface area contributed by atoms with E-state index >= 15 is 0 Å². The SMILES string of the molecule is O=[N+]([O-])c1c(CN2CC3CNCC3C2)nc2ccccn12. The zero-order valence-electron chi connectivity index (χ0n) is 11.6. The molecule has 2 aromatic rings. The summed E-state index contributed by atoms with van der Waals surface area (Å²) in [5.41, 5.74) is 1.21. The van der Waals surface area contributed by atoms with Gasteiger partial charge in [-0.05, 0) is 35.9 Å². The van der Waals surface area contributed by atoms with E-state index in [1.54, 1.807) is 22.7 Å². The van der Waals surface area contributed by atoms with Crippen LogP contribution >= 0.6 is 0 Å². The van der Waals surface area contributed by atoms with Crippen LogP contribution in [0.4, 0.5) is 5.82 Å². The van der Waals surface area contributed by atoms with Crippen molar-refractivity contribution in [3.63, 3.8) is 0 Å². The fourth-order valence-electron chi connectivity index (χ4n) is 3.62. The van der Waals surface area contributed by atoms with Crippen LogP contribution in [0.15, 0.2) is 24.4 Å². The molecule has 0 amide bonds. The molecule has 4 heterocycles. The summed E-state index contributed by atoms with van der Waals surface area (Å²) in [6, 6.07) is 5.44. The van der Waals surface area contributed by atoms with Gasteiger partial charge in [0.1, 0.15) is 0 Å². The zero-order chi connectivity index (χ0) is 14.4. The van der Waals surface area contributed by atoms with E-state index in [2.05, 4.69) is 15.2 Å². The first-order valence-electron chi connectivity index (χ1n) is 7.26. The van der Waals surface area contributed by atoms with Gasteiger partial charge < -0.3 is 15.4 Å².